The molecule has 214 valence electrons. The number of nitrogens with zero attached hydrogens (tertiary/aromatic N) is 2. The van der Waals surface area contributed by atoms with Crippen molar-refractivity contribution in [1.29, 1.82) is 0 Å². The van der Waals surface area contributed by atoms with Gasteiger partial charge in [-0.2, -0.15) is 0 Å². The van der Waals surface area contributed by atoms with E-state index >= 15 is 0 Å². The molecule has 1 aliphatic rings. The van der Waals surface area contributed by atoms with E-state index in [1.54, 1.807) is 55.3 Å². The molecule has 1 aliphatic heterocycles. The van der Waals surface area contributed by atoms with Gasteiger partial charge in [0, 0.05) is 25.6 Å². The summed E-state index contributed by atoms with van der Waals surface area (Å²) in [6.45, 7) is 5.14. The van der Waals surface area contributed by atoms with Crippen molar-refractivity contribution in [2.45, 2.75) is 37.4 Å². The van der Waals surface area contributed by atoms with Gasteiger partial charge in [0.2, 0.25) is 0 Å². The molecule has 0 aromatic heterocycles. The van der Waals surface area contributed by atoms with Gasteiger partial charge < -0.3 is 19.5 Å². The molecule has 3 atom stereocenters. The molecule has 9 nitrogen and oxygen atoms in total. The number of nitrogens with one attached hydrogen (secondary N) is 1. The van der Waals surface area contributed by atoms with Gasteiger partial charge in [-0.25, -0.2) is 8.42 Å². The Bertz CT molecular complexity index is 1400. The highest BCUT2D eigenvalue weighted by Crippen LogP contribution is 2.36. The molecule has 0 saturated carbocycles. The number of fused-ring (bicyclic) bond motifs is 1. The van der Waals surface area contributed by atoms with Gasteiger partial charge in [-0.05, 0) is 55.9 Å². The minimum Gasteiger partial charge on any atom is -0.497 e. The molecule has 0 fully saturated rings. The van der Waals surface area contributed by atoms with Crippen molar-refractivity contribution < 1.29 is 27.8 Å². The number of aliphatic hydroxyl groups is 1. The number of hydrogen-bond acceptors (Lipinski definition) is 7. The highest BCUT2D eigenvalue weighted by Gasteiger charge is 2.35. The number of aliphatic hydroxyl groups excluding tert-OH is 1. The Hall–Kier alpha value is -3.60. The van der Waals surface area contributed by atoms with Crippen molar-refractivity contribution in [3.05, 3.63) is 83.9 Å². The molecule has 3 aromatic carbocycles. The number of ether oxygens (including phenoxy) is 2. The third-order valence-corrected chi connectivity index (χ3v) is 8.47. The lowest BCUT2D eigenvalue weighted by Crippen LogP contribution is -2.49. The van der Waals surface area contributed by atoms with Crippen LogP contribution in [0, 0.1) is 5.92 Å². The highest BCUT2D eigenvalue weighted by molar-refractivity contribution is 7.92. The van der Waals surface area contributed by atoms with E-state index in [-0.39, 0.29) is 46.4 Å². The minimum atomic E-state index is -3.94. The van der Waals surface area contributed by atoms with Gasteiger partial charge in [-0.15, -0.1) is 0 Å². The Morgan fingerprint density at radius 3 is 2.45 bits per heavy atom. The van der Waals surface area contributed by atoms with Crippen molar-refractivity contribution in [2.24, 2.45) is 5.92 Å². The van der Waals surface area contributed by atoms with Crippen LogP contribution in [-0.2, 0) is 16.6 Å². The molecule has 3 aromatic rings. The zero-order valence-corrected chi connectivity index (χ0v) is 24.1. The minimum absolute atomic E-state index is 0.101. The number of anilines is 1. The summed E-state index contributed by atoms with van der Waals surface area (Å²) in [7, 11) is -0.315. The molecule has 0 aliphatic carbocycles. The second kappa shape index (κ2) is 12.7. The molecule has 2 N–H and O–H groups in total. The van der Waals surface area contributed by atoms with Crippen LogP contribution in [0.25, 0.3) is 0 Å². The van der Waals surface area contributed by atoms with Gasteiger partial charge in [-0.1, -0.05) is 43.3 Å². The van der Waals surface area contributed by atoms with Crippen LogP contribution in [0.15, 0.2) is 77.7 Å². The standard InChI is InChI=1S/C30H37N3O6S/c1-21-17-33(22(2)20-34)30(35)26-11-8-12-27(31-40(36,37)25-9-6-5-7-10-25)29(26)39-28(21)19-32(3)18-23-13-15-24(38-4)16-14-23/h5-16,21-22,28,31,34H,17-20H2,1-4H3/t21-,22+,28+/m0/s1. The number of benzene rings is 3. The van der Waals surface area contributed by atoms with Crippen LogP contribution >= 0.6 is 0 Å². The van der Waals surface area contributed by atoms with Gasteiger partial charge in [0.15, 0.2) is 5.75 Å². The summed E-state index contributed by atoms with van der Waals surface area (Å²) in [5.41, 5.74) is 1.52. The first kappa shape index (κ1) is 29.4. The fourth-order valence-corrected chi connectivity index (χ4v) is 5.84. The van der Waals surface area contributed by atoms with Crippen LogP contribution in [0.2, 0.25) is 0 Å². The predicted octanol–water partition coefficient (Wildman–Crippen LogP) is 3.85. The van der Waals surface area contributed by atoms with E-state index in [4.69, 9.17) is 9.47 Å². The highest BCUT2D eigenvalue weighted by atomic mass is 32.2. The van der Waals surface area contributed by atoms with Gasteiger partial charge in [0.1, 0.15) is 11.9 Å². The Kier molecular flexibility index (Phi) is 9.34. The first-order chi connectivity index (χ1) is 19.1. The fraction of sp³-hybridized carbons (Fsp3) is 0.367. The average Bonchev–Trinajstić information content (AvgIpc) is 2.95. The fourth-order valence-electron chi connectivity index (χ4n) is 4.76. The summed E-state index contributed by atoms with van der Waals surface area (Å²) in [6.07, 6.45) is -0.383. The van der Waals surface area contributed by atoms with Crippen molar-refractivity contribution in [2.75, 3.05) is 38.6 Å². The molecule has 40 heavy (non-hydrogen) atoms. The van der Waals surface area contributed by atoms with Gasteiger partial charge in [0.25, 0.3) is 15.9 Å². The van der Waals surface area contributed by atoms with Crippen LogP contribution in [-0.4, -0.2) is 75.2 Å². The van der Waals surface area contributed by atoms with E-state index in [0.717, 1.165) is 11.3 Å². The molecule has 1 amide bonds. The number of carbonyl (C=O) groups excluding carboxylic acids is 1. The molecule has 4 rings (SSSR count). The number of rotatable bonds is 10. The molecule has 0 spiro atoms. The Morgan fingerprint density at radius 1 is 1.10 bits per heavy atom. The largest absolute Gasteiger partial charge is 0.497 e. The molecule has 0 radical (unpaired) electrons. The monoisotopic (exact) mass is 567 g/mol. The van der Waals surface area contributed by atoms with Gasteiger partial charge in [-0.3, -0.25) is 14.4 Å². The molecule has 1 heterocycles. The van der Waals surface area contributed by atoms with Crippen molar-refractivity contribution in [1.82, 2.24) is 9.80 Å². The number of para-hydroxylation sites is 1. The molecular formula is C30H37N3O6S. The topological polar surface area (TPSA) is 108 Å². The number of methoxy groups -OCH3 is 1. The lowest BCUT2D eigenvalue weighted by molar-refractivity contribution is 0.0344. The summed E-state index contributed by atoms with van der Waals surface area (Å²) in [5, 5.41) is 9.91. The number of hydrogen-bond donors (Lipinski definition) is 2. The van der Waals surface area contributed by atoms with Gasteiger partial charge >= 0.3 is 0 Å². The van der Waals surface area contributed by atoms with E-state index in [1.165, 1.54) is 12.1 Å². The number of sulfonamides is 1. The zero-order chi connectivity index (χ0) is 28.9. The average molecular weight is 568 g/mol. The lowest BCUT2D eigenvalue weighted by Gasteiger charge is -2.38. The van der Waals surface area contributed by atoms with E-state index < -0.39 is 16.1 Å². The Labute approximate surface area is 236 Å². The summed E-state index contributed by atoms with van der Waals surface area (Å²) in [5.74, 6) is 0.516. The molecule has 0 unspecified atom stereocenters. The lowest BCUT2D eigenvalue weighted by atomic mass is 9.99. The van der Waals surface area contributed by atoms with Crippen LogP contribution in [0.3, 0.4) is 0 Å². The second-order valence-corrected chi connectivity index (χ2v) is 12.0. The van der Waals surface area contributed by atoms with E-state index in [1.807, 2.05) is 38.2 Å². The van der Waals surface area contributed by atoms with Crippen LogP contribution < -0.4 is 14.2 Å². The maximum absolute atomic E-state index is 13.7. The Morgan fingerprint density at radius 2 is 1.80 bits per heavy atom. The third-order valence-electron chi connectivity index (χ3n) is 7.09. The molecule has 0 bridgehead atoms. The maximum Gasteiger partial charge on any atom is 0.262 e. The maximum atomic E-state index is 13.7. The predicted molar refractivity (Wildman–Crippen MR) is 154 cm³/mol. The van der Waals surface area contributed by atoms with Crippen LogP contribution in [0.1, 0.15) is 29.8 Å². The Balaban J connectivity index is 1.68. The molecule has 10 heteroatoms. The van der Waals surface area contributed by atoms with E-state index in [9.17, 15) is 18.3 Å². The van der Waals surface area contributed by atoms with Gasteiger partial charge in [0.05, 0.1) is 35.9 Å². The third kappa shape index (κ3) is 6.75. The normalized spacial score (nSPS) is 18.4. The first-order valence-electron chi connectivity index (χ1n) is 13.2. The van der Waals surface area contributed by atoms with Crippen molar-refractivity contribution in [3.63, 3.8) is 0 Å². The summed E-state index contributed by atoms with van der Waals surface area (Å²) >= 11 is 0. The quantitative estimate of drug-likeness (QED) is 0.383. The van der Waals surface area contributed by atoms with E-state index in [0.29, 0.717) is 19.6 Å². The van der Waals surface area contributed by atoms with E-state index in [2.05, 4.69) is 9.62 Å². The molecule has 0 saturated heterocycles. The summed E-state index contributed by atoms with van der Waals surface area (Å²) in [6, 6.07) is 20.3. The second-order valence-electron chi connectivity index (χ2n) is 10.3. The van der Waals surface area contributed by atoms with Crippen molar-refractivity contribution in [3.8, 4) is 11.5 Å². The SMILES string of the molecule is COc1ccc(CN(C)C[C@H]2Oc3c(NS(=O)(=O)c4ccccc4)cccc3C(=O)N([C@H](C)CO)C[C@@H]2C)cc1. The van der Waals surface area contributed by atoms with Crippen molar-refractivity contribution >= 4 is 21.6 Å². The summed E-state index contributed by atoms with van der Waals surface area (Å²) in [4.78, 5) is 17.5. The smallest absolute Gasteiger partial charge is 0.262 e. The molecular weight excluding hydrogens is 530 g/mol. The van der Waals surface area contributed by atoms with Crippen LogP contribution in [0.4, 0.5) is 5.69 Å². The zero-order valence-electron chi connectivity index (χ0n) is 23.3. The number of likely N-dealkylation sites (N-methyl/N-ethyl adjacent to an activating group) is 1. The van der Waals surface area contributed by atoms with Crippen LogP contribution in [0.5, 0.6) is 11.5 Å². The number of carbonyl (C=O) groups is 1. The number of amides is 1. The summed E-state index contributed by atoms with van der Waals surface area (Å²) < 4.78 is 40.8. The first-order valence-corrected chi connectivity index (χ1v) is 14.7.